The second-order valence-corrected chi connectivity index (χ2v) is 10.9. The SMILES string of the molecule is CC1=C[N+]2(C(=O)CN(C)C3CCCCCC3)C=CC(N(C)C(=O)CN)=C(OCc3c(Cl)cccc3Cl)C2=N1. The molecule has 1 aromatic carbocycles. The number of hydrogen-bond acceptors (Lipinski definition) is 6. The quantitative estimate of drug-likeness (QED) is 0.359. The third-order valence-corrected chi connectivity index (χ3v) is 8.21. The van der Waals surface area contributed by atoms with Gasteiger partial charge in [-0.3, -0.25) is 9.69 Å². The Hall–Kier alpha value is -2.49. The maximum absolute atomic E-state index is 14.0. The zero-order valence-electron chi connectivity index (χ0n) is 22.3. The number of aliphatic imine (C=N–C) groups is 1. The van der Waals surface area contributed by atoms with Crippen LogP contribution in [0, 0.1) is 0 Å². The van der Waals surface area contributed by atoms with Crippen molar-refractivity contribution >= 4 is 40.9 Å². The average molecular weight is 562 g/mol. The lowest BCUT2D eigenvalue weighted by molar-refractivity contribution is -0.646. The summed E-state index contributed by atoms with van der Waals surface area (Å²) in [6, 6.07) is 5.60. The molecular formula is C28H36Cl2N5O3+. The summed E-state index contributed by atoms with van der Waals surface area (Å²) in [5.41, 5.74) is 7.40. The Morgan fingerprint density at radius 1 is 1.13 bits per heavy atom. The molecule has 1 saturated carbocycles. The standard InChI is InChI=1S/C28H36Cl2N5O3/c1-19-17-35(26(37)16-33(2)20-9-6-4-5-7-10-20)14-13-24(34(3)25(36)15-31)27(28(35)32-19)38-18-21-22(29)11-8-12-23(21)30/h8,11-14,17,20H,4-7,9-10,15-16,18,31H2,1-3H3/q+1. The van der Waals surface area contributed by atoms with Gasteiger partial charge >= 0.3 is 5.91 Å². The summed E-state index contributed by atoms with van der Waals surface area (Å²) in [5.74, 6) is 0.363. The van der Waals surface area contributed by atoms with Gasteiger partial charge in [0.25, 0.3) is 5.84 Å². The van der Waals surface area contributed by atoms with Crippen LogP contribution in [0.3, 0.4) is 0 Å². The van der Waals surface area contributed by atoms with E-state index in [1.54, 1.807) is 37.5 Å². The van der Waals surface area contributed by atoms with Crippen LogP contribution in [0.2, 0.25) is 10.0 Å². The second kappa shape index (κ2) is 12.1. The normalized spacial score (nSPS) is 21.7. The fourth-order valence-corrected chi connectivity index (χ4v) is 5.77. The molecule has 38 heavy (non-hydrogen) atoms. The molecule has 1 fully saturated rings. The maximum atomic E-state index is 14.0. The van der Waals surface area contributed by atoms with Gasteiger partial charge in [-0.25, -0.2) is 4.79 Å². The number of benzene rings is 1. The molecule has 0 saturated heterocycles. The van der Waals surface area contributed by atoms with E-state index >= 15 is 0 Å². The average Bonchev–Trinajstić information content (AvgIpc) is 3.05. The van der Waals surface area contributed by atoms with Crippen molar-refractivity contribution < 1.29 is 18.8 Å². The lowest BCUT2D eigenvalue weighted by atomic mass is 10.1. The third-order valence-electron chi connectivity index (χ3n) is 7.50. The highest BCUT2D eigenvalue weighted by atomic mass is 35.5. The summed E-state index contributed by atoms with van der Waals surface area (Å²) < 4.78 is 6.09. The van der Waals surface area contributed by atoms with Crippen molar-refractivity contribution in [3.05, 3.63) is 69.4 Å². The highest BCUT2D eigenvalue weighted by molar-refractivity contribution is 6.35. The molecule has 204 valence electrons. The summed E-state index contributed by atoms with van der Waals surface area (Å²) in [5, 5.41) is 0.920. The maximum Gasteiger partial charge on any atom is 0.343 e. The van der Waals surface area contributed by atoms with E-state index in [4.69, 9.17) is 38.7 Å². The zero-order valence-corrected chi connectivity index (χ0v) is 23.8. The Morgan fingerprint density at radius 3 is 2.42 bits per heavy atom. The molecule has 0 spiro atoms. The minimum absolute atomic E-state index is 0.0318. The number of hydrogen-bond donors (Lipinski definition) is 1. The molecule has 4 rings (SSSR count). The molecule has 0 radical (unpaired) electrons. The number of halogens is 2. The van der Waals surface area contributed by atoms with Gasteiger partial charge in [0.05, 0.1) is 17.9 Å². The van der Waals surface area contributed by atoms with Crippen LogP contribution in [0.25, 0.3) is 0 Å². The van der Waals surface area contributed by atoms with Crippen LogP contribution in [0.4, 0.5) is 0 Å². The predicted molar refractivity (Wildman–Crippen MR) is 150 cm³/mol. The van der Waals surface area contributed by atoms with E-state index < -0.39 is 0 Å². The highest BCUT2D eigenvalue weighted by Crippen LogP contribution is 2.36. The molecule has 1 aromatic rings. The van der Waals surface area contributed by atoms with Crippen LogP contribution >= 0.6 is 23.2 Å². The van der Waals surface area contributed by atoms with E-state index in [-0.39, 0.29) is 36.0 Å². The minimum Gasteiger partial charge on any atom is -0.480 e. The lowest BCUT2D eigenvalue weighted by Crippen LogP contribution is -2.54. The highest BCUT2D eigenvalue weighted by Gasteiger charge is 2.50. The van der Waals surface area contributed by atoms with Gasteiger partial charge in [-0.05, 0) is 38.9 Å². The molecule has 8 nitrogen and oxygen atoms in total. The number of carbonyl (C=O) groups excluding carboxylic acids is 2. The topological polar surface area (TPSA) is 88.2 Å². The van der Waals surface area contributed by atoms with Gasteiger partial charge in [0.1, 0.15) is 25.6 Å². The number of amidine groups is 1. The molecule has 1 unspecified atom stereocenters. The van der Waals surface area contributed by atoms with Gasteiger partial charge < -0.3 is 15.4 Å². The first kappa shape index (κ1) is 28.5. The Balaban J connectivity index is 1.68. The first-order chi connectivity index (χ1) is 18.2. The van der Waals surface area contributed by atoms with Crippen molar-refractivity contribution in [1.29, 1.82) is 0 Å². The largest absolute Gasteiger partial charge is 0.480 e. The second-order valence-electron chi connectivity index (χ2n) is 10.1. The number of nitrogens with zero attached hydrogens (tertiary/aromatic N) is 4. The molecule has 2 N–H and O–H groups in total. The molecule has 2 aliphatic heterocycles. The van der Waals surface area contributed by atoms with Crippen LogP contribution in [0.5, 0.6) is 0 Å². The smallest absolute Gasteiger partial charge is 0.343 e. The predicted octanol–water partition coefficient (Wildman–Crippen LogP) is 4.94. The monoisotopic (exact) mass is 560 g/mol. The van der Waals surface area contributed by atoms with E-state index in [1.807, 2.05) is 20.2 Å². The minimum atomic E-state index is -0.302. The Kier molecular flexibility index (Phi) is 9.11. The molecule has 0 bridgehead atoms. The van der Waals surface area contributed by atoms with Gasteiger partial charge in [-0.15, -0.1) is 0 Å². The molecule has 10 heteroatoms. The first-order valence-corrected chi connectivity index (χ1v) is 13.8. The number of ether oxygens (including phenoxy) is 1. The van der Waals surface area contributed by atoms with Crippen molar-refractivity contribution in [2.75, 3.05) is 27.2 Å². The Morgan fingerprint density at radius 2 is 1.79 bits per heavy atom. The number of carbonyl (C=O) groups is 2. The summed E-state index contributed by atoms with van der Waals surface area (Å²) in [6.07, 6.45) is 12.4. The molecule has 1 atom stereocenters. The van der Waals surface area contributed by atoms with E-state index in [1.165, 1.54) is 30.6 Å². The number of amides is 2. The van der Waals surface area contributed by atoms with Crippen molar-refractivity contribution in [2.45, 2.75) is 58.1 Å². The van der Waals surface area contributed by atoms with Crippen LogP contribution in [0.15, 0.2) is 58.8 Å². The van der Waals surface area contributed by atoms with Crippen molar-refractivity contribution in [1.82, 2.24) is 9.80 Å². The van der Waals surface area contributed by atoms with Gasteiger partial charge in [-0.1, -0.05) is 55.0 Å². The van der Waals surface area contributed by atoms with Crippen molar-refractivity contribution in [3.63, 3.8) is 0 Å². The van der Waals surface area contributed by atoms with E-state index in [0.717, 1.165) is 12.8 Å². The van der Waals surface area contributed by atoms with E-state index in [2.05, 4.69) is 4.90 Å². The van der Waals surface area contributed by atoms with Crippen LogP contribution in [-0.4, -0.2) is 65.2 Å². The third kappa shape index (κ3) is 5.75. The van der Waals surface area contributed by atoms with Gasteiger partial charge in [0.15, 0.2) is 0 Å². The van der Waals surface area contributed by atoms with E-state index in [0.29, 0.717) is 44.6 Å². The van der Waals surface area contributed by atoms with Gasteiger partial charge in [0.2, 0.25) is 11.7 Å². The molecular weight excluding hydrogens is 525 g/mol. The van der Waals surface area contributed by atoms with Gasteiger partial charge in [0, 0.05) is 34.8 Å². The summed E-state index contributed by atoms with van der Waals surface area (Å²) in [7, 11) is 3.65. The molecule has 0 aromatic heterocycles. The van der Waals surface area contributed by atoms with Crippen molar-refractivity contribution in [2.24, 2.45) is 10.7 Å². The van der Waals surface area contributed by atoms with E-state index in [9.17, 15) is 9.59 Å². The molecule has 1 aliphatic carbocycles. The fraction of sp³-hybridized carbons (Fsp3) is 0.464. The number of quaternary nitrogens is 1. The number of rotatable bonds is 8. The lowest BCUT2D eigenvalue weighted by Gasteiger charge is -2.34. The molecule has 2 amide bonds. The van der Waals surface area contributed by atoms with Crippen molar-refractivity contribution in [3.8, 4) is 0 Å². The molecule has 2 heterocycles. The van der Waals surface area contributed by atoms with Gasteiger partial charge in [-0.2, -0.15) is 9.48 Å². The summed E-state index contributed by atoms with van der Waals surface area (Å²) in [6.45, 7) is 1.96. The summed E-state index contributed by atoms with van der Waals surface area (Å²) in [4.78, 5) is 34.9. The number of fused-ring (bicyclic) bond motifs is 1. The fourth-order valence-electron chi connectivity index (χ4n) is 5.27. The summed E-state index contributed by atoms with van der Waals surface area (Å²) >= 11 is 12.8. The van der Waals surface area contributed by atoms with Crippen LogP contribution in [0.1, 0.15) is 51.0 Å². The van der Waals surface area contributed by atoms with Crippen LogP contribution < -0.4 is 5.73 Å². The zero-order chi connectivity index (χ0) is 27.4. The Labute approximate surface area is 234 Å². The Bertz CT molecular complexity index is 1200. The first-order valence-electron chi connectivity index (χ1n) is 13.0. The number of nitrogens with two attached hydrogens (primary N) is 1. The number of likely N-dealkylation sites (N-methyl/N-ethyl adjacent to an activating group) is 2. The molecule has 3 aliphatic rings. The number of allylic oxidation sites excluding steroid dienone is 2. The van der Waals surface area contributed by atoms with Crippen LogP contribution in [-0.2, 0) is 20.9 Å².